The molecule has 5 heteroatoms. The van der Waals surface area contributed by atoms with Crippen LogP contribution in [0.2, 0.25) is 0 Å². The van der Waals surface area contributed by atoms with E-state index in [0.29, 0.717) is 28.2 Å². The summed E-state index contributed by atoms with van der Waals surface area (Å²) in [7, 11) is 0. The van der Waals surface area contributed by atoms with Crippen molar-refractivity contribution in [1.82, 2.24) is 10.3 Å². The van der Waals surface area contributed by atoms with Crippen LogP contribution in [0.1, 0.15) is 26.7 Å². The topological polar surface area (TPSA) is 38.1 Å². The van der Waals surface area contributed by atoms with Crippen LogP contribution in [0, 0.1) is 5.82 Å². The second-order valence-electron chi connectivity index (χ2n) is 5.35. The van der Waals surface area contributed by atoms with Crippen molar-refractivity contribution in [2.45, 2.75) is 32.9 Å². The summed E-state index contributed by atoms with van der Waals surface area (Å²) >= 11 is 3.22. The Morgan fingerprint density at radius 2 is 2.11 bits per heavy atom. The number of hydrogen-bond donors (Lipinski definition) is 1. The van der Waals surface area contributed by atoms with Gasteiger partial charge in [-0.3, -0.25) is 0 Å². The molecule has 1 aromatic heterocycles. The van der Waals surface area contributed by atoms with Gasteiger partial charge >= 0.3 is 0 Å². The van der Waals surface area contributed by atoms with Crippen LogP contribution in [-0.2, 0) is 6.54 Å². The summed E-state index contributed by atoms with van der Waals surface area (Å²) in [6.45, 7) is 6.70. The molecule has 102 valence electrons. The summed E-state index contributed by atoms with van der Waals surface area (Å²) in [5.74, 6) is 0.656. The Hall–Kier alpha value is -1.20. The lowest BCUT2D eigenvalue weighted by molar-refractivity contribution is 0.383. The Kier molecular flexibility index (Phi) is 4.06. The molecule has 2 aromatic rings. The second-order valence-corrected chi connectivity index (χ2v) is 6.26. The van der Waals surface area contributed by atoms with Gasteiger partial charge in [-0.2, -0.15) is 0 Å². The van der Waals surface area contributed by atoms with Gasteiger partial charge in [0.1, 0.15) is 5.82 Å². The second kappa shape index (κ2) is 5.43. The van der Waals surface area contributed by atoms with E-state index in [1.165, 1.54) is 6.07 Å². The Balaban J connectivity index is 2.16. The molecule has 0 fully saturated rings. The SMILES string of the molecule is CC(C)(C)NCc1ncc(-c2ccc(Br)cc2F)o1. The van der Waals surface area contributed by atoms with Crippen molar-refractivity contribution in [2.75, 3.05) is 0 Å². The highest BCUT2D eigenvalue weighted by Crippen LogP contribution is 2.26. The molecule has 0 bridgehead atoms. The van der Waals surface area contributed by atoms with Crippen LogP contribution in [0.25, 0.3) is 11.3 Å². The fourth-order valence-corrected chi connectivity index (χ4v) is 1.88. The first-order valence-electron chi connectivity index (χ1n) is 6.00. The van der Waals surface area contributed by atoms with Crippen LogP contribution in [0.4, 0.5) is 4.39 Å². The molecular formula is C14H16BrFN2O. The predicted octanol–water partition coefficient (Wildman–Crippen LogP) is 4.13. The Morgan fingerprint density at radius 1 is 1.37 bits per heavy atom. The van der Waals surface area contributed by atoms with Gasteiger partial charge in [0, 0.05) is 10.0 Å². The first-order valence-corrected chi connectivity index (χ1v) is 6.79. The third-order valence-electron chi connectivity index (χ3n) is 2.52. The van der Waals surface area contributed by atoms with E-state index in [1.807, 2.05) is 0 Å². The normalized spacial score (nSPS) is 11.8. The number of halogens is 2. The highest BCUT2D eigenvalue weighted by atomic mass is 79.9. The van der Waals surface area contributed by atoms with Crippen LogP contribution in [0.5, 0.6) is 0 Å². The summed E-state index contributed by atoms with van der Waals surface area (Å²) in [5.41, 5.74) is 0.398. The molecule has 0 saturated heterocycles. The minimum atomic E-state index is -0.333. The zero-order valence-electron chi connectivity index (χ0n) is 11.1. The van der Waals surface area contributed by atoms with E-state index in [0.717, 1.165) is 0 Å². The first-order chi connectivity index (χ1) is 8.85. The molecule has 0 amide bonds. The molecule has 0 radical (unpaired) electrons. The molecule has 1 heterocycles. The number of benzene rings is 1. The van der Waals surface area contributed by atoms with Gasteiger partial charge in [-0.1, -0.05) is 15.9 Å². The largest absolute Gasteiger partial charge is 0.439 e. The average Bonchev–Trinajstić information content (AvgIpc) is 2.74. The maximum absolute atomic E-state index is 13.8. The Labute approximate surface area is 120 Å². The lowest BCUT2D eigenvalue weighted by Crippen LogP contribution is -2.35. The van der Waals surface area contributed by atoms with Crippen LogP contribution in [-0.4, -0.2) is 10.5 Å². The zero-order valence-corrected chi connectivity index (χ0v) is 12.7. The van der Waals surface area contributed by atoms with E-state index >= 15 is 0 Å². The maximum Gasteiger partial charge on any atom is 0.208 e. The fourth-order valence-electron chi connectivity index (χ4n) is 1.55. The van der Waals surface area contributed by atoms with E-state index in [4.69, 9.17) is 4.42 Å². The van der Waals surface area contributed by atoms with Crippen LogP contribution in [0.15, 0.2) is 33.3 Å². The predicted molar refractivity (Wildman–Crippen MR) is 76.2 cm³/mol. The Morgan fingerprint density at radius 3 is 2.74 bits per heavy atom. The number of nitrogens with one attached hydrogen (secondary N) is 1. The molecule has 19 heavy (non-hydrogen) atoms. The van der Waals surface area contributed by atoms with Crippen molar-refractivity contribution >= 4 is 15.9 Å². The zero-order chi connectivity index (χ0) is 14.0. The summed E-state index contributed by atoms with van der Waals surface area (Å²) in [6, 6.07) is 4.85. The highest BCUT2D eigenvalue weighted by Gasteiger charge is 2.14. The molecule has 0 atom stereocenters. The quantitative estimate of drug-likeness (QED) is 0.921. The molecule has 1 N–H and O–H groups in total. The van der Waals surface area contributed by atoms with Gasteiger partial charge in [0.2, 0.25) is 5.89 Å². The number of aromatic nitrogens is 1. The van der Waals surface area contributed by atoms with Crippen molar-refractivity contribution in [2.24, 2.45) is 0 Å². The number of hydrogen-bond acceptors (Lipinski definition) is 3. The lowest BCUT2D eigenvalue weighted by atomic mass is 10.1. The Bertz CT molecular complexity index is 575. The van der Waals surface area contributed by atoms with Crippen molar-refractivity contribution < 1.29 is 8.81 Å². The molecule has 0 aliphatic heterocycles. The number of oxazole rings is 1. The van der Waals surface area contributed by atoms with Crippen LogP contribution >= 0.6 is 15.9 Å². The standard InChI is InChI=1S/C14H16BrFN2O/c1-14(2,3)18-8-13-17-7-12(19-13)10-5-4-9(15)6-11(10)16/h4-7,18H,8H2,1-3H3. The molecule has 1 aromatic carbocycles. The summed E-state index contributed by atoms with van der Waals surface area (Å²) < 4.78 is 20.0. The summed E-state index contributed by atoms with van der Waals surface area (Å²) in [5, 5.41) is 3.27. The first kappa shape index (κ1) is 14.2. The molecule has 2 rings (SSSR count). The van der Waals surface area contributed by atoms with Crippen LogP contribution in [0.3, 0.4) is 0 Å². The molecular weight excluding hydrogens is 311 g/mol. The lowest BCUT2D eigenvalue weighted by Gasteiger charge is -2.18. The molecule has 0 unspecified atom stereocenters. The van der Waals surface area contributed by atoms with E-state index in [2.05, 4.69) is 47.0 Å². The van der Waals surface area contributed by atoms with Crippen molar-refractivity contribution in [1.29, 1.82) is 0 Å². The summed E-state index contributed by atoms with van der Waals surface area (Å²) in [6.07, 6.45) is 1.55. The van der Waals surface area contributed by atoms with Crippen molar-refractivity contribution in [3.63, 3.8) is 0 Å². The maximum atomic E-state index is 13.8. The third-order valence-corrected chi connectivity index (χ3v) is 3.01. The van der Waals surface area contributed by atoms with Crippen LogP contribution < -0.4 is 5.32 Å². The summed E-state index contributed by atoms with van der Waals surface area (Å²) in [4.78, 5) is 4.15. The van der Waals surface area contributed by atoms with Crippen molar-refractivity contribution in [3.8, 4) is 11.3 Å². The minimum absolute atomic E-state index is 0.0164. The van der Waals surface area contributed by atoms with Crippen molar-refractivity contribution in [3.05, 3.63) is 40.6 Å². The van der Waals surface area contributed by atoms with E-state index in [9.17, 15) is 4.39 Å². The third kappa shape index (κ3) is 3.88. The van der Waals surface area contributed by atoms with E-state index in [-0.39, 0.29) is 11.4 Å². The number of rotatable bonds is 3. The smallest absolute Gasteiger partial charge is 0.208 e. The number of nitrogens with zero attached hydrogens (tertiary/aromatic N) is 1. The minimum Gasteiger partial charge on any atom is -0.439 e. The molecule has 3 nitrogen and oxygen atoms in total. The highest BCUT2D eigenvalue weighted by molar-refractivity contribution is 9.10. The van der Waals surface area contributed by atoms with Gasteiger partial charge in [0.15, 0.2) is 5.76 Å². The fraction of sp³-hybridized carbons (Fsp3) is 0.357. The van der Waals surface area contributed by atoms with Gasteiger partial charge in [0.05, 0.1) is 18.3 Å². The molecule has 0 aliphatic carbocycles. The van der Waals surface area contributed by atoms with Gasteiger partial charge in [-0.25, -0.2) is 9.37 Å². The molecule has 0 spiro atoms. The van der Waals surface area contributed by atoms with Gasteiger partial charge in [0.25, 0.3) is 0 Å². The average molecular weight is 327 g/mol. The van der Waals surface area contributed by atoms with E-state index < -0.39 is 0 Å². The van der Waals surface area contributed by atoms with Gasteiger partial charge in [-0.15, -0.1) is 0 Å². The van der Waals surface area contributed by atoms with E-state index in [1.54, 1.807) is 18.3 Å². The molecule has 0 saturated carbocycles. The monoisotopic (exact) mass is 326 g/mol. The molecule has 0 aliphatic rings. The van der Waals surface area contributed by atoms with Gasteiger partial charge in [-0.05, 0) is 39.0 Å². The van der Waals surface area contributed by atoms with Gasteiger partial charge < -0.3 is 9.73 Å².